The molecule has 0 amide bonds. The van der Waals surface area contributed by atoms with Crippen LogP contribution in [-0.2, 0) is 0 Å². The van der Waals surface area contributed by atoms with Crippen LogP contribution in [0.2, 0.25) is 0 Å². The van der Waals surface area contributed by atoms with Crippen molar-refractivity contribution in [2.24, 2.45) is 0 Å². The van der Waals surface area contributed by atoms with Crippen LogP contribution in [0, 0.1) is 13.8 Å². The third kappa shape index (κ3) is 1.56. The number of fused-ring (bicyclic) bond motifs is 5. The molecule has 1 nitrogen and oxygen atoms in total. The van der Waals surface area contributed by atoms with E-state index in [1.165, 1.54) is 38.4 Å². The monoisotopic (exact) mass is 265 g/mol. The summed E-state index contributed by atoms with van der Waals surface area (Å²) in [4.78, 5) is 1.37. The van der Waals surface area contributed by atoms with Gasteiger partial charge in [0.2, 0.25) is 0 Å². The first-order valence-electron chi connectivity index (χ1n) is 6.58. The van der Waals surface area contributed by atoms with Gasteiger partial charge in [-0.3, -0.25) is 0 Å². The molecule has 0 aliphatic carbocycles. The smallest absolute Gasteiger partial charge is 0.0790 e. The number of nitrogens with one attached hydrogen (secondary N) is 1. The SMILES string of the molecule is Cc1cc2c(cc1C)C1=CSc3ccccc3C1N2. The van der Waals surface area contributed by atoms with Gasteiger partial charge in [0, 0.05) is 16.1 Å². The summed E-state index contributed by atoms with van der Waals surface area (Å²) in [5.74, 6) is 0. The summed E-state index contributed by atoms with van der Waals surface area (Å²) in [5.41, 5.74) is 8.18. The normalized spacial score (nSPS) is 19.1. The summed E-state index contributed by atoms with van der Waals surface area (Å²) >= 11 is 1.84. The van der Waals surface area contributed by atoms with Crippen molar-refractivity contribution in [3.05, 3.63) is 64.1 Å². The molecule has 1 N–H and O–H groups in total. The van der Waals surface area contributed by atoms with E-state index in [9.17, 15) is 0 Å². The van der Waals surface area contributed by atoms with Gasteiger partial charge in [-0.2, -0.15) is 0 Å². The van der Waals surface area contributed by atoms with Gasteiger partial charge in [0.25, 0.3) is 0 Å². The number of aryl methyl sites for hydroxylation is 2. The molecule has 2 heterocycles. The minimum absolute atomic E-state index is 0.327. The molecule has 0 spiro atoms. The highest BCUT2D eigenvalue weighted by Gasteiger charge is 2.31. The van der Waals surface area contributed by atoms with E-state index in [-0.39, 0.29) is 0 Å². The van der Waals surface area contributed by atoms with Crippen LogP contribution in [0.3, 0.4) is 0 Å². The largest absolute Gasteiger partial charge is 0.374 e. The average Bonchev–Trinajstić information content (AvgIpc) is 2.77. The molecule has 2 heteroatoms. The number of rotatable bonds is 0. The molecule has 0 saturated carbocycles. The lowest BCUT2D eigenvalue weighted by molar-refractivity contribution is 0.997. The Morgan fingerprint density at radius 2 is 1.84 bits per heavy atom. The Morgan fingerprint density at radius 3 is 2.74 bits per heavy atom. The van der Waals surface area contributed by atoms with Gasteiger partial charge in [0.05, 0.1) is 6.04 Å². The highest BCUT2D eigenvalue weighted by molar-refractivity contribution is 8.02. The van der Waals surface area contributed by atoms with Crippen LogP contribution in [0.4, 0.5) is 5.69 Å². The van der Waals surface area contributed by atoms with Crippen molar-refractivity contribution in [1.29, 1.82) is 0 Å². The van der Waals surface area contributed by atoms with Crippen molar-refractivity contribution in [2.75, 3.05) is 5.32 Å². The van der Waals surface area contributed by atoms with E-state index in [1.807, 2.05) is 11.8 Å². The topological polar surface area (TPSA) is 12.0 Å². The molecule has 0 bridgehead atoms. The zero-order valence-corrected chi connectivity index (χ0v) is 11.8. The molecule has 4 rings (SSSR count). The van der Waals surface area contributed by atoms with E-state index in [1.54, 1.807) is 0 Å². The Kier molecular flexibility index (Phi) is 2.30. The van der Waals surface area contributed by atoms with Gasteiger partial charge in [-0.25, -0.2) is 0 Å². The van der Waals surface area contributed by atoms with E-state index in [0.29, 0.717) is 6.04 Å². The number of anilines is 1. The van der Waals surface area contributed by atoms with Gasteiger partial charge in [-0.05, 0) is 59.7 Å². The number of benzene rings is 2. The Balaban J connectivity index is 1.89. The molecular formula is C17H15NS. The lowest BCUT2D eigenvalue weighted by Crippen LogP contribution is -2.08. The summed E-state index contributed by atoms with van der Waals surface area (Å²) in [6, 6.07) is 13.6. The van der Waals surface area contributed by atoms with Crippen molar-refractivity contribution in [3.8, 4) is 0 Å². The quantitative estimate of drug-likeness (QED) is 0.726. The fourth-order valence-electron chi connectivity index (χ4n) is 2.89. The summed E-state index contributed by atoms with van der Waals surface area (Å²) in [6.45, 7) is 4.36. The lowest BCUT2D eigenvalue weighted by atomic mass is 9.96. The van der Waals surface area contributed by atoms with E-state index in [0.717, 1.165) is 0 Å². The predicted octanol–water partition coefficient (Wildman–Crippen LogP) is 4.92. The van der Waals surface area contributed by atoms with Crippen molar-refractivity contribution < 1.29 is 0 Å². The highest BCUT2D eigenvalue weighted by atomic mass is 32.2. The van der Waals surface area contributed by atoms with Crippen LogP contribution in [0.1, 0.15) is 28.3 Å². The third-order valence-corrected chi connectivity index (χ3v) is 5.10. The molecular weight excluding hydrogens is 250 g/mol. The maximum Gasteiger partial charge on any atom is 0.0790 e. The Hall–Kier alpha value is -1.67. The maximum absolute atomic E-state index is 3.68. The maximum atomic E-state index is 3.68. The number of hydrogen-bond donors (Lipinski definition) is 1. The minimum Gasteiger partial charge on any atom is -0.374 e. The van der Waals surface area contributed by atoms with E-state index < -0.39 is 0 Å². The molecule has 0 saturated heterocycles. The molecule has 2 aromatic rings. The van der Waals surface area contributed by atoms with Crippen LogP contribution in [0.25, 0.3) is 5.57 Å². The first-order valence-corrected chi connectivity index (χ1v) is 7.46. The number of hydrogen-bond acceptors (Lipinski definition) is 2. The van der Waals surface area contributed by atoms with Crippen LogP contribution in [0.15, 0.2) is 46.7 Å². The van der Waals surface area contributed by atoms with Crippen molar-refractivity contribution >= 4 is 23.0 Å². The molecule has 2 aliphatic rings. The molecule has 94 valence electrons. The van der Waals surface area contributed by atoms with Crippen LogP contribution >= 0.6 is 11.8 Å². The average molecular weight is 265 g/mol. The summed E-state index contributed by atoms with van der Waals surface area (Å²) in [7, 11) is 0. The van der Waals surface area contributed by atoms with Crippen molar-refractivity contribution in [3.63, 3.8) is 0 Å². The molecule has 0 radical (unpaired) electrons. The predicted molar refractivity (Wildman–Crippen MR) is 82.6 cm³/mol. The second-order valence-electron chi connectivity index (χ2n) is 5.29. The fraction of sp³-hybridized carbons (Fsp3) is 0.176. The van der Waals surface area contributed by atoms with Gasteiger partial charge >= 0.3 is 0 Å². The zero-order chi connectivity index (χ0) is 13.0. The summed E-state index contributed by atoms with van der Waals surface area (Å²) < 4.78 is 0. The molecule has 0 fully saturated rings. The number of thioether (sulfide) groups is 1. The van der Waals surface area contributed by atoms with Crippen LogP contribution in [-0.4, -0.2) is 0 Å². The Labute approximate surface area is 117 Å². The molecule has 0 aromatic heterocycles. The van der Waals surface area contributed by atoms with Gasteiger partial charge in [0.1, 0.15) is 0 Å². The third-order valence-electron chi connectivity index (χ3n) is 4.10. The first kappa shape index (κ1) is 11.2. The highest BCUT2D eigenvalue weighted by Crippen LogP contribution is 2.50. The van der Waals surface area contributed by atoms with E-state index in [2.05, 4.69) is 61.0 Å². The zero-order valence-electron chi connectivity index (χ0n) is 11.0. The molecule has 2 aliphatic heterocycles. The Bertz CT molecular complexity index is 715. The fourth-order valence-corrected chi connectivity index (χ4v) is 3.89. The summed E-state index contributed by atoms with van der Waals surface area (Å²) in [5, 5.41) is 5.99. The van der Waals surface area contributed by atoms with Crippen LogP contribution in [0.5, 0.6) is 0 Å². The minimum atomic E-state index is 0.327. The second kappa shape index (κ2) is 3.91. The van der Waals surface area contributed by atoms with Gasteiger partial charge in [0.15, 0.2) is 0 Å². The van der Waals surface area contributed by atoms with E-state index >= 15 is 0 Å². The van der Waals surface area contributed by atoms with Crippen molar-refractivity contribution in [1.82, 2.24) is 0 Å². The van der Waals surface area contributed by atoms with Gasteiger partial charge in [-0.1, -0.05) is 30.0 Å². The Morgan fingerprint density at radius 1 is 1.05 bits per heavy atom. The molecule has 1 atom stereocenters. The van der Waals surface area contributed by atoms with Gasteiger partial charge < -0.3 is 5.32 Å². The molecule has 2 aromatic carbocycles. The second-order valence-corrected chi connectivity index (χ2v) is 6.20. The lowest BCUT2D eigenvalue weighted by Gasteiger charge is -2.21. The van der Waals surface area contributed by atoms with Gasteiger partial charge in [-0.15, -0.1) is 0 Å². The van der Waals surface area contributed by atoms with Crippen molar-refractivity contribution in [2.45, 2.75) is 24.8 Å². The van der Waals surface area contributed by atoms with Crippen LogP contribution < -0.4 is 5.32 Å². The molecule has 19 heavy (non-hydrogen) atoms. The summed E-state index contributed by atoms with van der Waals surface area (Å²) in [6.07, 6.45) is 0. The van der Waals surface area contributed by atoms with E-state index in [4.69, 9.17) is 0 Å². The first-order chi connectivity index (χ1) is 9.24. The molecule has 1 unspecified atom stereocenters. The standard InChI is InChI=1S/C17H15NS/c1-10-7-13-14-9-19-16-6-4-3-5-12(16)17(14)18-15(13)8-11(10)2/h3-9,17-18H,1-2H3.